The lowest BCUT2D eigenvalue weighted by molar-refractivity contribution is -0.153. The topological polar surface area (TPSA) is 168 Å². The second kappa shape index (κ2) is 9.35. The SMILES string of the molecule is CN(C)c1cc(CN2CCCC2)c(O)c2c1C[C@@H]1C[C@@H]3[C@@H](N(C)C)C(=O)C(C(N)=O)=C(O)[C@]3(O)C(=O)C1=C2O. The highest BCUT2D eigenvalue weighted by Gasteiger charge is 2.64. The average Bonchev–Trinajstić information content (AvgIpc) is 3.35. The maximum atomic E-state index is 14.0. The molecule has 5 rings (SSSR count). The van der Waals surface area contributed by atoms with Crippen LogP contribution in [0.3, 0.4) is 0 Å². The summed E-state index contributed by atoms with van der Waals surface area (Å²) in [5.41, 5.74) is 3.98. The van der Waals surface area contributed by atoms with E-state index in [4.69, 9.17) is 5.73 Å². The highest BCUT2D eigenvalue weighted by molar-refractivity contribution is 6.24. The van der Waals surface area contributed by atoms with Gasteiger partial charge in [-0.15, -0.1) is 0 Å². The summed E-state index contributed by atoms with van der Waals surface area (Å²) in [6.45, 7) is 2.27. The number of hydrogen-bond donors (Lipinski definition) is 5. The molecule has 1 aliphatic heterocycles. The predicted molar refractivity (Wildman–Crippen MR) is 143 cm³/mol. The van der Waals surface area contributed by atoms with Gasteiger partial charge in [0.15, 0.2) is 11.4 Å². The van der Waals surface area contributed by atoms with Crippen molar-refractivity contribution < 1.29 is 34.8 Å². The molecule has 39 heavy (non-hydrogen) atoms. The Morgan fingerprint density at radius 2 is 1.77 bits per heavy atom. The highest BCUT2D eigenvalue weighted by atomic mass is 16.3. The first kappa shape index (κ1) is 27.2. The summed E-state index contributed by atoms with van der Waals surface area (Å²) in [6.07, 6.45) is 2.46. The number of aliphatic hydroxyl groups excluding tert-OH is 2. The predicted octanol–water partition coefficient (Wildman–Crippen LogP) is 0.626. The molecule has 0 radical (unpaired) electrons. The van der Waals surface area contributed by atoms with Crippen molar-refractivity contribution in [3.8, 4) is 5.75 Å². The van der Waals surface area contributed by atoms with Crippen LogP contribution in [0.5, 0.6) is 5.75 Å². The van der Waals surface area contributed by atoms with E-state index in [0.29, 0.717) is 17.7 Å². The Morgan fingerprint density at radius 3 is 2.33 bits per heavy atom. The van der Waals surface area contributed by atoms with Gasteiger partial charge in [-0.05, 0) is 70.4 Å². The summed E-state index contributed by atoms with van der Waals surface area (Å²) in [4.78, 5) is 45.0. The Morgan fingerprint density at radius 1 is 1.13 bits per heavy atom. The van der Waals surface area contributed by atoms with Crippen molar-refractivity contribution >= 4 is 28.9 Å². The number of phenolic OH excluding ortho intramolecular Hbond substituents is 1. The standard InChI is InChI=1S/C28H36N4O7/c1-30(2)17-11-14(12-32-7-5-6-8-32)22(33)19-15(17)9-13-10-16-21(31(3)4)24(35)20(27(29)38)26(37)28(16,39)25(36)18(13)23(19)34/h11,13,16,21,33-34,37,39H,5-10,12H2,1-4H3,(H2,29,38)/t13-,16-,21-,28-/m1/s1. The van der Waals surface area contributed by atoms with Gasteiger partial charge in [0.05, 0.1) is 11.6 Å². The molecule has 0 unspecified atom stereocenters. The van der Waals surface area contributed by atoms with Crippen LogP contribution in [0.25, 0.3) is 5.76 Å². The fraction of sp³-hybridized carbons (Fsp3) is 0.536. The normalized spacial score (nSPS) is 29.0. The Balaban J connectivity index is 1.71. The second-order valence-corrected chi connectivity index (χ2v) is 11.6. The third-order valence-electron chi connectivity index (χ3n) is 8.85. The molecular weight excluding hydrogens is 504 g/mol. The molecule has 4 aliphatic rings. The molecule has 2 fully saturated rings. The molecule has 3 aliphatic carbocycles. The number of aliphatic hydroxyl groups is 3. The smallest absolute Gasteiger partial charge is 0.255 e. The van der Waals surface area contributed by atoms with Crippen LogP contribution in [0.4, 0.5) is 5.69 Å². The Bertz CT molecular complexity index is 1340. The van der Waals surface area contributed by atoms with E-state index in [-0.39, 0.29) is 29.7 Å². The van der Waals surface area contributed by atoms with Crippen LogP contribution in [0.1, 0.15) is 36.0 Å². The van der Waals surface area contributed by atoms with Crippen LogP contribution in [0, 0.1) is 11.8 Å². The Hall–Kier alpha value is -3.41. The number of carbonyl (C=O) groups excluding carboxylic acids is 3. The number of benzene rings is 1. The third kappa shape index (κ3) is 3.86. The van der Waals surface area contributed by atoms with Gasteiger partial charge < -0.3 is 31.1 Å². The number of fused-ring (bicyclic) bond motifs is 3. The molecule has 1 aromatic carbocycles. The maximum absolute atomic E-state index is 14.0. The van der Waals surface area contributed by atoms with E-state index in [1.54, 1.807) is 14.1 Å². The zero-order valence-corrected chi connectivity index (χ0v) is 22.7. The maximum Gasteiger partial charge on any atom is 0.255 e. The first-order valence-corrected chi connectivity index (χ1v) is 13.2. The summed E-state index contributed by atoms with van der Waals surface area (Å²) < 4.78 is 0. The van der Waals surface area contributed by atoms with E-state index in [1.807, 2.05) is 25.1 Å². The number of primary amides is 1. The number of phenols is 1. The minimum Gasteiger partial charge on any atom is -0.508 e. The van der Waals surface area contributed by atoms with E-state index < -0.39 is 58.0 Å². The summed E-state index contributed by atoms with van der Waals surface area (Å²) in [5.74, 6) is -6.39. The largest absolute Gasteiger partial charge is 0.508 e. The third-order valence-corrected chi connectivity index (χ3v) is 8.85. The number of ketones is 2. The van der Waals surface area contributed by atoms with Crippen molar-refractivity contribution in [2.75, 3.05) is 46.2 Å². The number of anilines is 1. The number of nitrogens with two attached hydrogens (primary N) is 1. The van der Waals surface area contributed by atoms with Crippen molar-refractivity contribution in [1.29, 1.82) is 0 Å². The Kier molecular flexibility index (Phi) is 6.52. The highest BCUT2D eigenvalue weighted by Crippen LogP contribution is 2.54. The molecule has 0 spiro atoms. The van der Waals surface area contributed by atoms with Crippen LogP contribution in [0.2, 0.25) is 0 Å². The lowest BCUT2D eigenvalue weighted by atomic mass is 9.57. The number of hydrogen-bond acceptors (Lipinski definition) is 10. The van der Waals surface area contributed by atoms with Crippen LogP contribution >= 0.6 is 0 Å². The number of carbonyl (C=O) groups is 3. The number of nitrogens with zero attached hydrogens (tertiary/aromatic N) is 3. The van der Waals surface area contributed by atoms with Gasteiger partial charge in [-0.2, -0.15) is 0 Å². The zero-order valence-electron chi connectivity index (χ0n) is 22.7. The van der Waals surface area contributed by atoms with Crippen molar-refractivity contribution in [3.05, 3.63) is 39.7 Å². The molecule has 1 saturated carbocycles. The van der Waals surface area contributed by atoms with E-state index in [0.717, 1.165) is 31.6 Å². The van der Waals surface area contributed by atoms with Crippen molar-refractivity contribution in [1.82, 2.24) is 9.80 Å². The molecule has 1 aromatic rings. The number of aromatic hydroxyl groups is 1. The van der Waals surface area contributed by atoms with E-state index >= 15 is 0 Å². The molecule has 1 amide bonds. The average molecular weight is 541 g/mol. The van der Waals surface area contributed by atoms with Gasteiger partial charge in [0.25, 0.3) is 5.91 Å². The molecule has 11 nitrogen and oxygen atoms in total. The molecule has 6 N–H and O–H groups in total. The quantitative estimate of drug-likeness (QED) is 0.334. The van der Waals surface area contributed by atoms with E-state index in [2.05, 4.69) is 4.90 Å². The van der Waals surface area contributed by atoms with Crippen molar-refractivity contribution in [2.24, 2.45) is 17.6 Å². The molecule has 0 bridgehead atoms. The van der Waals surface area contributed by atoms with E-state index in [1.165, 1.54) is 4.90 Å². The summed E-state index contributed by atoms with van der Waals surface area (Å²) in [5, 5.41) is 45.7. The molecule has 1 saturated heterocycles. The minimum absolute atomic E-state index is 0.0644. The number of likely N-dealkylation sites (tertiary alicyclic amines) is 1. The van der Waals surface area contributed by atoms with Crippen LogP contribution in [-0.2, 0) is 27.3 Å². The monoisotopic (exact) mass is 540 g/mol. The molecule has 1 heterocycles. The summed E-state index contributed by atoms with van der Waals surface area (Å²) in [6, 6.07) is 0.804. The zero-order chi connectivity index (χ0) is 28.5. The lowest BCUT2D eigenvalue weighted by Crippen LogP contribution is -2.65. The molecular formula is C28H36N4O7. The first-order valence-electron chi connectivity index (χ1n) is 13.2. The van der Waals surface area contributed by atoms with Crippen LogP contribution < -0.4 is 10.6 Å². The van der Waals surface area contributed by atoms with Gasteiger partial charge in [0, 0.05) is 43.4 Å². The lowest BCUT2D eigenvalue weighted by Gasteiger charge is -2.50. The number of amides is 1. The van der Waals surface area contributed by atoms with Crippen molar-refractivity contribution in [2.45, 2.75) is 43.9 Å². The number of Topliss-reactive ketones (excluding diaryl/α,β-unsaturated/α-hetero) is 2. The molecule has 4 atom stereocenters. The molecule has 0 aromatic heterocycles. The Labute approximate surface area is 226 Å². The van der Waals surface area contributed by atoms with Gasteiger partial charge >= 0.3 is 0 Å². The fourth-order valence-electron chi connectivity index (χ4n) is 7.05. The van der Waals surface area contributed by atoms with Gasteiger partial charge in [-0.25, -0.2) is 0 Å². The molecule has 210 valence electrons. The number of likely N-dealkylation sites (N-methyl/N-ethyl adjacent to an activating group) is 1. The van der Waals surface area contributed by atoms with Crippen LogP contribution in [0.15, 0.2) is 23.0 Å². The summed E-state index contributed by atoms with van der Waals surface area (Å²) in [7, 11) is 6.89. The summed E-state index contributed by atoms with van der Waals surface area (Å²) >= 11 is 0. The van der Waals surface area contributed by atoms with Gasteiger partial charge in [0.2, 0.25) is 5.78 Å². The number of rotatable bonds is 5. The van der Waals surface area contributed by atoms with Gasteiger partial charge in [0.1, 0.15) is 22.8 Å². The van der Waals surface area contributed by atoms with E-state index in [9.17, 15) is 34.8 Å². The van der Waals surface area contributed by atoms with Crippen molar-refractivity contribution in [3.63, 3.8) is 0 Å². The van der Waals surface area contributed by atoms with Gasteiger partial charge in [-0.1, -0.05) is 0 Å². The van der Waals surface area contributed by atoms with Gasteiger partial charge in [-0.3, -0.25) is 24.2 Å². The first-order chi connectivity index (χ1) is 18.3. The molecule has 11 heteroatoms. The second-order valence-electron chi connectivity index (χ2n) is 11.6. The minimum atomic E-state index is -2.64. The fourth-order valence-corrected chi connectivity index (χ4v) is 7.05. The van der Waals surface area contributed by atoms with Crippen LogP contribution in [-0.4, -0.2) is 101 Å².